The lowest BCUT2D eigenvalue weighted by atomic mass is 10.1. The number of ketones is 1. The van der Waals surface area contributed by atoms with Crippen molar-refractivity contribution in [1.29, 1.82) is 0 Å². The van der Waals surface area contributed by atoms with Crippen molar-refractivity contribution in [1.82, 2.24) is 10.3 Å². The van der Waals surface area contributed by atoms with Gasteiger partial charge in [-0.2, -0.15) is 0 Å². The van der Waals surface area contributed by atoms with Crippen LogP contribution in [-0.4, -0.2) is 48.0 Å². The average Bonchev–Trinajstić information content (AvgIpc) is 2.72. The van der Waals surface area contributed by atoms with E-state index >= 15 is 0 Å². The lowest BCUT2D eigenvalue weighted by Gasteiger charge is -2.16. The van der Waals surface area contributed by atoms with E-state index in [1.165, 1.54) is 12.3 Å². The molecule has 2 rings (SSSR count). The van der Waals surface area contributed by atoms with Crippen molar-refractivity contribution in [2.24, 2.45) is 0 Å². The summed E-state index contributed by atoms with van der Waals surface area (Å²) in [6, 6.07) is 10.5. The summed E-state index contributed by atoms with van der Waals surface area (Å²) in [7, 11) is 0. The Bertz CT molecular complexity index is 778. The first-order chi connectivity index (χ1) is 14.0. The SMILES string of the molecule is CCOC(C)Oc1ccc(OCC(O)CN/C(C)=C/C(=O)c2cccnc2)cc1. The lowest BCUT2D eigenvalue weighted by molar-refractivity contribution is -0.0613. The van der Waals surface area contributed by atoms with Crippen LogP contribution in [-0.2, 0) is 4.74 Å². The van der Waals surface area contributed by atoms with Crippen molar-refractivity contribution >= 4 is 5.78 Å². The summed E-state index contributed by atoms with van der Waals surface area (Å²) in [5.41, 5.74) is 1.17. The number of rotatable bonds is 12. The molecule has 7 nitrogen and oxygen atoms in total. The fourth-order valence-corrected chi connectivity index (χ4v) is 2.44. The van der Waals surface area contributed by atoms with Gasteiger partial charge in [-0.05, 0) is 57.2 Å². The van der Waals surface area contributed by atoms with Crippen molar-refractivity contribution in [2.75, 3.05) is 19.8 Å². The number of pyridine rings is 1. The minimum atomic E-state index is -0.735. The monoisotopic (exact) mass is 400 g/mol. The Morgan fingerprint density at radius 1 is 1.24 bits per heavy atom. The summed E-state index contributed by atoms with van der Waals surface area (Å²) in [6.45, 7) is 6.47. The zero-order valence-electron chi connectivity index (χ0n) is 17.0. The Labute approximate surface area is 171 Å². The second-order valence-electron chi connectivity index (χ2n) is 6.39. The highest BCUT2D eigenvalue weighted by Gasteiger charge is 2.08. The van der Waals surface area contributed by atoms with Gasteiger partial charge in [0.25, 0.3) is 0 Å². The third-order valence-electron chi connectivity index (χ3n) is 3.88. The molecule has 0 radical (unpaired) electrons. The van der Waals surface area contributed by atoms with Gasteiger partial charge < -0.3 is 24.6 Å². The summed E-state index contributed by atoms with van der Waals surface area (Å²) in [5, 5.41) is 13.1. The van der Waals surface area contributed by atoms with Gasteiger partial charge in [0.05, 0.1) is 0 Å². The van der Waals surface area contributed by atoms with Crippen molar-refractivity contribution in [3.8, 4) is 11.5 Å². The third-order valence-corrected chi connectivity index (χ3v) is 3.88. The van der Waals surface area contributed by atoms with E-state index in [1.54, 1.807) is 49.5 Å². The molecule has 2 unspecified atom stereocenters. The number of aliphatic hydroxyl groups is 1. The highest BCUT2D eigenvalue weighted by atomic mass is 16.7. The molecule has 29 heavy (non-hydrogen) atoms. The van der Waals surface area contributed by atoms with Gasteiger partial charge in [-0.15, -0.1) is 0 Å². The predicted octanol–water partition coefficient (Wildman–Crippen LogP) is 2.96. The highest BCUT2D eigenvalue weighted by molar-refractivity contribution is 6.04. The number of aliphatic hydroxyl groups excluding tert-OH is 1. The maximum atomic E-state index is 12.1. The van der Waals surface area contributed by atoms with Crippen LogP contribution in [0.3, 0.4) is 0 Å². The average molecular weight is 400 g/mol. The largest absolute Gasteiger partial charge is 0.491 e. The number of allylic oxidation sites excluding steroid dienone is 2. The number of hydrogen-bond donors (Lipinski definition) is 2. The van der Waals surface area contributed by atoms with Gasteiger partial charge in [-0.3, -0.25) is 9.78 Å². The zero-order chi connectivity index (χ0) is 21.1. The number of carbonyl (C=O) groups excluding carboxylic acids is 1. The van der Waals surface area contributed by atoms with E-state index in [4.69, 9.17) is 14.2 Å². The molecule has 0 aliphatic rings. The molecule has 156 valence electrons. The van der Waals surface area contributed by atoms with E-state index in [9.17, 15) is 9.90 Å². The van der Waals surface area contributed by atoms with Gasteiger partial charge >= 0.3 is 0 Å². The Hall–Kier alpha value is -2.90. The normalized spacial score (nSPS) is 13.4. The van der Waals surface area contributed by atoms with E-state index in [0.717, 1.165) is 0 Å². The number of hydrogen-bond acceptors (Lipinski definition) is 7. The van der Waals surface area contributed by atoms with Gasteiger partial charge in [0, 0.05) is 42.9 Å². The second kappa shape index (κ2) is 11.8. The van der Waals surface area contributed by atoms with Crippen molar-refractivity contribution < 1.29 is 24.1 Å². The van der Waals surface area contributed by atoms with Gasteiger partial charge in [0.1, 0.15) is 24.2 Å². The molecule has 2 N–H and O–H groups in total. The molecule has 1 heterocycles. The summed E-state index contributed by atoms with van der Waals surface area (Å²) in [4.78, 5) is 16.0. The molecular weight excluding hydrogens is 372 g/mol. The summed E-state index contributed by atoms with van der Waals surface area (Å²) in [5.74, 6) is 1.16. The van der Waals surface area contributed by atoms with Gasteiger partial charge in [-0.1, -0.05) is 0 Å². The van der Waals surface area contributed by atoms with Crippen LogP contribution in [0.15, 0.2) is 60.6 Å². The minimum absolute atomic E-state index is 0.117. The lowest BCUT2D eigenvalue weighted by Crippen LogP contribution is -2.30. The number of benzene rings is 1. The van der Waals surface area contributed by atoms with Gasteiger partial charge in [-0.25, -0.2) is 0 Å². The summed E-state index contributed by atoms with van der Waals surface area (Å²) < 4.78 is 16.5. The molecule has 2 aromatic rings. The number of nitrogens with one attached hydrogen (secondary N) is 1. The van der Waals surface area contributed by atoms with E-state index in [1.807, 2.05) is 13.8 Å². The number of aromatic nitrogens is 1. The Morgan fingerprint density at radius 3 is 2.62 bits per heavy atom. The molecule has 0 amide bonds. The second-order valence-corrected chi connectivity index (χ2v) is 6.39. The molecule has 1 aromatic heterocycles. The van der Waals surface area contributed by atoms with Gasteiger partial charge in [0.2, 0.25) is 0 Å². The highest BCUT2D eigenvalue weighted by Crippen LogP contribution is 2.19. The van der Waals surface area contributed by atoms with Gasteiger partial charge in [0.15, 0.2) is 12.1 Å². The Kier molecular flexibility index (Phi) is 9.14. The third kappa shape index (κ3) is 8.33. The van der Waals surface area contributed by atoms with Crippen LogP contribution in [0.5, 0.6) is 11.5 Å². The molecule has 0 aliphatic heterocycles. The number of nitrogens with zero attached hydrogens (tertiary/aromatic N) is 1. The molecule has 7 heteroatoms. The van der Waals surface area contributed by atoms with Crippen LogP contribution in [0.2, 0.25) is 0 Å². The van der Waals surface area contributed by atoms with Crippen LogP contribution in [0.1, 0.15) is 31.1 Å². The number of ether oxygens (including phenoxy) is 3. The quantitative estimate of drug-likeness (QED) is 0.322. The molecule has 0 saturated carbocycles. The molecule has 0 fully saturated rings. The smallest absolute Gasteiger partial charge is 0.196 e. The summed E-state index contributed by atoms with van der Waals surface area (Å²) >= 11 is 0. The van der Waals surface area contributed by atoms with E-state index < -0.39 is 6.10 Å². The van der Waals surface area contributed by atoms with Crippen LogP contribution in [0.25, 0.3) is 0 Å². The Morgan fingerprint density at radius 2 is 1.97 bits per heavy atom. The molecular formula is C22H28N2O5. The minimum Gasteiger partial charge on any atom is -0.491 e. The van der Waals surface area contributed by atoms with Crippen LogP contribution in [0.4, 0.5) is 0 Å². The fraction of sp³-hybridized carbons (Fsp3) is 0.364. The maximum Gasteiger partial charge on any atom is 0.196 e. The first-order valence-corrected chi connectivity index (χ1v) is 9.53. The topological polar surface area (TPSA) is 89.9 Å². The first kappa shape index (κ1) is 22.4. The van der Waals surface area contributed by atoms with Crippen LogP contribution < -0.4 is 14.8 Å². The molecule has 1 aromatic carbocycles. The zero-order valence-corrected chi connectivity index (χ0v) is 17.0. The molecule has 0 bridgehead atoms. The maximum absolute atomic E-state index is 12.1. The predicted molar refractivity (Wildman–Crippen MR) is 110 cm³/mol. The van der Waals surface area contributed by atoms with E-state index in [0.29, 0.717) is 29.4 Å². The molecule has 2 atom stereocenters. The first-order valence-electron chi connectivity index (χ1n) is 9.53. The molecule has 0 aliphatic carbocycles. The van der Waals surface area contributed by atoms with Crippen LogP contribution in [0, 0.1) is 0 Å². The summed E-state index contributed by atoms with van der Waals surface area (Å²) in [6.07, 6.45) is 3.56. The van der Waals surface area contributed by atoms with E-state index in [2.05, 4.69) is 10.3 Å². The van der Waals surface area contributed by atoms with Crippen molar-refractivity contribution in [3.05, 3.63) is 66.1 Å². The van der Waals surface area contributed by atoms with Crippen molar-refractivity contribution in [2.45, 2.75) is 33.2 Å². The number of carbonyl (C=O) groups is 1. The molecule has 0 saturated heterocycles. The standard InChI is InChI=1S/C22H28N2O5/c1-4-27-17(3)29-21-9-7-20(8-10-21)28-15-19(25)14-24-16(2)12-22(26)18-6-5-11-23-13-18/h5-13,17,19,24-25H,4,14-15H2,1-3H3/b16-12+. The van der Waals surface area contributed by atoms with Crippen molar-refractivity contribution in [3.63, 3.8) is 0 Å². The Balaban J connectivity index is 1.73. The van der Waals surface area contributed by atoms with Crippen LogP contribution >= 0.6 is 0 Å². The molecule has 0 spiro atoms. The fourth-order valence-electron chi connectivity index (χ4n) is 2.44. The van der Waals surface area contributed by atoms with E-state index in [-0.39, 0.29) is 25.2 Å².